The molecule has 1 saturated carbocycles. The van der Waals surface area contributed by atoms with Gasteiger partial charge in [-0.1, -0.05) is 25.0 Å². The zero-order valence-electron chi connectivity index (χ0n) is 17.9. The van der Waals surface area contributed by atoms with Crippen LogP contribution in [0.25, 0.3) is 0 Å². The maximum Gasteiger partial charge on any atom is 0.411 e. The summed E-state index contributed by atoms with van der Waals surface area (Å²) < 4.78 is 4.59. The van der Waals surface area contributed by atoms with Crippen LogP contribution >= 0.6 is 0 Å². The van der Waals surface area contributed by atoms with Crippen LogP contribution < -0.4 is 16.0 Å². The number of ether oxygens (including phenoxy) is 1. The Hall–Kier alpha value is -2.77. The zero-order chi connectivity index (χ0) is 21.3. The molecule has 2 aliphatic rings. The highest BCUT2D eigenvalue weighted by atomic mass is 16.5. The van der Waals surface area contributed by atoms with Gasteiger partial charge in [-0.25, -0.2) is 9.79 Å². The van der Waals surface area contributed by atoms with Gasteiger partial charge in [0.2, 0.25) is 5.91 Å². The Morgan fingerprint density at radius 3 is 2.57 bits per heavy atom. The first-order valence-electron chi connectivity index (χ1n) is 10.9. The topological polar surface area (TPSA) is 95.1 Å². The monoisotopic (exact) mass is 415 g/mol. The van der Waals surface area contributed by atoms with Crippen LogP contribution in [-0.2, 0) is 16.1 Å². The Morgan fingerprint density at radius 2 is 1.90 bits per heavy atom. The van der Waals surface area contributed by atoms with Crippen molar-refractivity contribution in [2.24, 2.45) is 10.9 Å². The van der Waals surface area contributed by atoms with E-state index in [2.05, 4.69) is 25.7 Å². The maximum absolute atomic E-state index is 12.6. The summed E-state index contributed by atoms with van der Waals surface area (Å²) in [4.78, 5) is 30.6. The maximum atomic E-state index is 12.6. The van der Waals surface area contributed by atoms with Crippen molar-refractivity contribution < 1.29 is 14.3 Å². The number of carbonyl (C=O) groups is 2. The highest BCUT2D eigenvalue weighted by Gasteiger charge is 2.32. The summed E-state index contributed by atoms with van der Waals surface area (Å²) in [5.41, 5.74) is 1.71. The number of hydrogen-bond acceptors (Lipinski definition) is 4. The van der Waals surface area contributed by atoms with Crippen molar-refractivity contribution in [1.82, 2.24) is 15.5 Å². The molecule has 8 nitrogen and oxygen atoms in total. The van der Waals surface area contributed by atoms with Crippen molar-refractivity contribution in [3.05, 3.63) is 29.8 Å². The molecule has 30 heavy (non-hydrogen) atoms. The van der Waals surface area contributed by atoms with Crippen LogP contribution in [0.1, 0.15) is 44.6 Å². The van der Waals surface area contributed by atoms with Crippen LogP contribution in [0.5, 0.6) is 0 Å². The minimum atomic E-state index is -0.489. The quantitative estimate of drug-likeness (QED) is 0.491. The van der Waals surface area contributed by atoms with E-state index < -0.39 is 6.09 Å². The van der Waals surface area contributed by atoms with E-state index >= 15 is 0 Å². The molecule has 1 unspecified atom stereocenters. The Morgan fingerprint density at radius 1 is 1.17 bits per heavy atom. The molecule has 164 valence electrons. The molecule has 0 radical (unpaired) electrons. The molecule has 1 aliphatic heterocycles. The van der Waals surface area contributed by atoms with Gasteiger partial charge in [0.15, 0.2) is 5.96 Å². The average molecular weight is 416 g/mol. The third-order valence-corrected chi connectivity index (χ3v) is 5.69. The summed E-state index contributed by atoms with van der Waals surface area (Å²) in [6.07, 6.45) is 4.91. The Kier molecular flexibility index (Phi) is 7.93. The van der Waals surface area contributed by atoms with Crippen molar-refractivity contribution in [3.8, 4) is 0 Å². The molecule has 8 heteroatoms. The van der Waals surface area contributed by atoms with Crippen LogP contribution in [0.2, 0.25) is 0 Å². The van der Waals surface area contributed by atoms with Gasteiger partial charge in [0.25, 0.3) is 0 Å². The zero-order valence-corrected chi connectivity index (χ0v) is 17.9. The van der Waals surface area contributed by atoms with E-state index in [9.17, 15) is 9.59 Å². The van der Waals surface area contributed by atoms with E-state index in [1.54, 1.807) is 0 Å². The lowest BCUT2D eigenvalue weighted by molar-refractivity contribution is -0.134. The average Bonchev–Trinajstić information content (AvgIpc) is 3.45. The number of likely N-dealkylation sites (tertiary alicyclic amines) is 1. The van der Waals surface area contributed by atoms with Crippen LogP contribution in [-0.4, -0.2) is 55.6 Å². The standard InChI is InChI=1S/C22H33N5O3/c1-3-23-21(24-14-16-8-10-18(11-9-16)26-22(29)30-2)25-19-12-13-27(15-19)20(28)17-6-4-5-7-17/h8-11,17,19H,3-7,12-15H2,1-2H3,(H,26,29)(H2,23,24,25). The summed E-state index contributed by atoms with van der Waals surface area (Å²) in [5, 5.41) is 9.40. The summed E-state index contributed by atoms with van der Waals surface area (Å²) in [7, 11) is 1.34. The third-order valence-electron chi connectivity index (χ3n) is 5.69. The molecule has 0 aromatic heterocycles. The fraction of sp³-hybridized carbons (Fsp3) is 0.591. The van der Waals surface area contributed by atoms with E-state index in [1.165, 1.54) is 20.0 Å². The fourth-order valence-electron chi connectivity index (χ4n) is 4.06. The van der Waals surface area contributed by atoms with Crippen LogP contribution in [0.3, 0.4) is 0 Å². The van der Waals surface area contributed by atoms with E-state index in [0.29, 0.717) is 18.1 Å². The Balaban J connectivity index is 1.52. The third kappa shape index (κ3) is 6.11. The lowest BCUT2D eigenvalue weighted by Crippen LogP contribution is -2.45. The first-order valence-corrected chi connectivity index (χ1v) is 10.9. The second-order valence-corrected chi connectivity index (χ2v) is 7.90. The van der Waals surface area contributed by atoms with Crippen molar-refractivity contribution in [3.63, 3.8) is 0 Å². The number of hydrogen-bond donors (Lipinski definition) is 3. The second-order valence-electron chi connectivity index (χ2n) is 7.90. The smallest absolute Gasteiger partial charge is 0.411 e. The first kappa shape index (κ1) is 21.9. The van der Waals surface area contributed by atoms with Crippen LogP contribution in [0.15, 0.2) is 29.3 Å². The molecule has 1 atom stereocenters. The van der Waals surface area contributed by atoms with Gasteiger partial charge in [-0.15, -0.1) is 0 Å². The Bertz CT molecular complexity index is 744. The normalized spacial score (nSPS) is 19.6. The van der Waals surface area contributed by atoms with Gasteiger partial charge in [0.05, 0.1) is 13.7 Å². The number of amides is 2. The van der Waals surface area contributed by atoms with Crippen molar-refractivity contribution in [1.29, 1.82) is 0 Å². The summed E-state index contributed by atoms with van der Waals surface area (Å²) in [5.74, 6) is 1.33. The van der Waals surface area contributed by atoms with Gasteiger partial charge >= 0.3 is 6.09 Å². The van der Waals surface area contributed by atoms with Crippen molar-refractivity contribution in [2.75, 3.05) is 32.1 Å². The lowest BCUT2D eigenvalue weighted by atomic mass is 10.1. The molecule has 1 heterocycles. The number of methoxy groups -OCH3 is 1. The molecular weight excluding hydrogens is 382 g/mol. The number of anilines is 1. The van der Waals surface area contributed by atoms with Crippen LogP contribution in [0, 0.1) is 5.92 Å². The number of carbonyl (C=O) groups excluding carboxylic acids is 2. The number of guanidine groups is 1. The molecule has 1 aromatic carbocycles. The van der Waals surface area contributed by atoms with Gasteiger partial charge in [-0.2, -0.15) is 0 Å². The molecule has 0 bridgehead atoms. The molecule has 3 rings (SSSR count). The molecule has 2 fully saturated rings. The minimum Gasteiger partial charge on any atom is -0.453 e. The number of nitrogens with zero attached hydrogens (tertiary/aromatic N) is 2. The van der Waals surface area contributed by atoms with Crippen molar-refractivity contribution in [2.45, 2.75) is 51.6 Å². The minimum absolute atomic E-state index is 0.222. The highest BCUT2D eigenvalue weighted by Crippen LogP contribution is 2.27. The predicted molar refractivity (Wildman–Crippen MR) is 117 cm³/mol. The van der Waals surface area contributed by atoms with Crippen LogP contribution in [0.4, 0.5) is 10.5 Å². The van der Waals surface area contributed by atoms with Gasteiger partial charge in [-0.3, -0.25) is 10.1 Å². The molecule has 0 spiro atoms. The SMILES string of the molecule is CCNC(=NCc1ccc(NC(=O)OC)cc1)NC1CCN(C(=O)C2CCCC2)C1. The molecular formula is C22H33N5O3. The second kappa shape index (κ2) is 10.8. The van der Waals surface area contributed by atoms with Gasteiger partial charge < -0.3 is 20.3 Å². The fourth-order valence-corrected chi connectivity index (χ4v) is 4.06. The number of aliphatic imine (C=N–C) groups is 1. The molecule has 2 amide bonds. The first-order chi connectivity index (χ1) is 14.6. The predicted octanol–water partition coefficient (Wildman–Crippen LogP) is 2.71. The van der Waals surface area contributed by atoms with E-state index in [-0.39, 0.29) is 12.0 Å². The number of benzene rings is 1. The van der Waals surface area contributed by atoms with Gasteiger partial charge in [0.1, 0.15) is 0 Å². The molecule has 3 N–H and O–H groups in total. The highest BCUT2D eigenvalue weighted by molar-refractivity contribution is 5.84. The molecule has 1 saturated heterocycles. The van der Waals surface area contributed by atoms with E-state index in [1.807, 2.05) is 36.1 Å². The van der Waals surface area contributed by atoms with E-state index in [0.717, 1.165) is 50.4 Å². The summed E-state index contributed by atoms with van der Waals surface area (Å²) in [6.45, 7) is 4.89. The molecule has 1 aromatic rings. The Labute approximate surface area is 178 Å². The lowest BCUT2D eigenvalue weighted by Gasteiger charge is -2.21. The summed E-state index contributed by atoms with van der Waals surface area (Å²) >= 11 is 0. The van der Waals surface area contributed by atoms with Gasteiger partial charge in [-0.05, 0) is 43.9 Å². The van der Waals surface area contributed by atoms with Gasteiger partial charge in [0, 0.05) is 37.3 Å². The van der Waals surface area contributed by atoms with Crippen molar-refractivity contribution >= 4 is 23.6 Å². The van der Waals surface area contributed by atoms with E-state index in [4.69, 9.17) is 0 Å². The number of rotatable bonds is 6. The largest absolute Gasteiger partial charge is 0.453 e. The summed E-state index contributed by atoms with van der Waals surface area (Å²) in [6, 6.07) is 7.73. The number of nitrogens with one attached hydrogen (secondary N) is 3. The molecule has 1 aliphatic carbocycles.